The Balaban J connectivity index is 1.81. The average Bonchev–Trinajstić information content (AvgIpc) is 2.62. The van der Waals surface area contributed by atoms with E-state index in [1.165, 1.54) is 0 Å². The van der Waals surface area contributed by atoms with Crippen molar-refractivity contribution in [2.24, 2.45) is 0 Å². The third kappa shape index (κ3) is 4.71. The van der Waals surface area contributed by atoms with E-state index in [9.17, 15) is 9.00 Å². The smallest absolute Gasteiger partial charge is 0.409 e. The largest absolute Gasteiger partial charge is 0.487 e. The maximum Gasteiger partial charge on any atom is 0.409 e. The molecule has 0 saturated carbocycles. The van der Waals surface area contributed by atoms with Crippen LogP contribution in [0.1, 0.15) is 58.6 Å². The van der Waals surface area contributed by atoms with Crippen LogP contribution in [0.5, 0.6) is 5.75 Å². The fourth-order valence-corrected chi connectivity index (χ4v) is 4.87. The van der Waals surface area contributed by atoms with Gasteiger partial charge in [-0.05, 0) is 45.9 Å². The van der Waals surface area contributed by atoms with E-state index in [1.807, 2.05) is 45.9 Å². The zero-order chi connectivity index (χ0) is 20.5. The van der Waals surface area contributed by atoms with Crippen LogP contribution in [0.3, 0.4) is 0 Å². The van der Waals surface area contributed by atoms with Gasteiger partial charge in [0.05, 0.1) is 28.4 Å². The molecule has 1 aromatic rings. The quantitative estimate of drug-likeness (QED) is 0.711. The maximum absolute atomic E-state index is 12.8. The minimum Gasteiger partial charge on any atom is -0.487 e. The van der Waals surface area contributed by atoms with Gasteiger partial charge in [-0.15, -0.1) is 0 Å². The Hall–Kier alpha value is -1.12. The molecule has 2 heterocycles. The van der Waals surface area contributed by atoms with Crippen molar-refractivity contribution in [3.63, 3.8) is 0 Å². The number of ether oxygens (including phenoxy) is 2. The lowest BCUT2D eigenvalue weighted by atomic mass is 9.81. The van der Waals surface area contributed by atoms with E-state index >= 15 is 0 Å². The highest BCUT2D eigenvalue weighted by Gasteiger charge is 2.45. The molecule has 156 valence electrons. The van der Waals surface area contributed by atoms with E-state index in [2.05, 4.69) is 20.7 Å². The number of nitrogens with zero attached hydrogens (tertiary/aromatic N) is 1. The van der Waals surface area contributed by atoms with Crippen molar-refractivity contribution in [1.29, 1.82) is 0 Å². The molecule has 0 aliphatic carbocycles. The van der Waals surface area contributed by atoms with Gasteiger partial charge in [0.1, 0.15) is 11.4 Å². The van der Waals surface area contributed by atoms with Gasteiger partial charge in [0.2, 0.25) is 0 Å². The molecule has 0 aromatic heterocycles. The first-order valence-electron chi connectivity index (χ1n) is 9.72. The minimum absolute atomic E-state index is 0.0737. The maximum atomic E-state index is 12.8. The van der Waals surface area contributed by atoms with E-state index < -0.39 is 11.0 Å². The lowest BCUT2D eigenvalue weighted by molar-refractivity contribution is -0.0219. The van der Waals surface area contributed by atoms with Gasteiger partial charge in [0, 0.05) is 42.4 Å². The average molecular weight is 473 g/mol. The summed E-state index contributed by atoms with van der Waals surface area (Å²) in [5, 5.41) is 0. The number of hydrogen-bond donors (Lipinski definition) is 1. The summed E-state index contributed by atoms with van der Waals surface area (Å²) in [5.74, 6) is 0.822. The number of carbonyl (C=O) groups excluding carboxylic acids is 1. The van der Waals surface area contributed by atoms with Crippen molar-refractivity contribution in [3.05, 3.63) is 28.2 Å². The molecule has 1 amide bonds. The SMILES string of the molecule is CCOC(=O)N1CCC2(CC1)C[C@H](N[S@@](=O)C(C)(C)C)c1cc(Br)ccc1O2. The van der Waals surface area contributed by atoms with E-state index in [0.29, 0.717) is 19.7 Å². The van der Waals surface area contributed by atoms with Crippen molar-refractivity contribution in [2.75, 3.05) is 19.7 Å². The molecule has 1 N–H and O–H groups in total. The molecule has 0 radical (unpaired) electrons. The molecule has 1 aromatic carbocycles. The molecule has 2 aliphatic rings. The summed E-state index contributed by atoms with van der Waals surface area (Å²) in [7, 11) is -1.19. The van der Waals surface area contributed by atoms with Crippen LogP contribution < -0.4 is 9.46 Å². The summed E-state index contributed by atoms with van der Waals surface area (Å²) >= 11 is 3.53. The molecular formula is C20H29BrN2O4S. The number of likely N-dealkylation sites (tertiary alicyclic amines) is 1. The van der Waals surface area contributed by atoms with Gasteiger partial charge in [-0.25, -0.2) is 13.7 Å². The molecular weight excluding hydrogens is 444 g/mol. The number of carbonyl (C=O) groups is 1. The van der Waals surface area contributed by atoms with Crippen LogP contribution >= 0.6 is 15.9 Å². The summed E-state index contributed by atoms with van der Waals surface area (Å²) in [4.78, 5) is 13.8. The molecule has 0 bridgehead atoms. The van der Waals surface area contributed by atoms with Gasteiger partial charge in [0.25, 0.3) is 0 Å². The van der Waals surface area contributed by atoms with E-state index in [1.54, 1.807) is 4.90 Å². The van der Waals surface area contributed by atoms with Crippen LogP contribution in [0.15, 0.2) is 22.7 Å². The highest BCUT2D eigenvalue weighted by molar-refractivity contribution is 9.10. The Morgan fingerprint density at radius 3 is 2.68 bits per heavy atom. The Labute approximate surface area is 178 Å². The number of hydrogen-bond acceptors (Lipinski definition) is 4. The van der Waals surface area contributed by atoms with Crippen molar-refractivity contribution in [1.82, 2.24) is 9.62 Å². The van der Waals surface area contributed by atoms with Gasteiger partial charge < -0.3 is 14.4 Å². The molecule has 0 unspecified atom stereocenters. The monoisotopic (exact) mass is 472 g/mol. The van der Waals surface area contributed by atoms with Crippen molar-refractivity contribution >= 4 is 33.0 Å². The first-order valence-corrected chi connectivity index (χ1v) is 11.7. The first kappa shape index (κ1) is 21.6. The summed E-state index contributed by atoms with van der Waals surface area (Å²) in [5.41, 5.74) is 0.647. The van der Waals surface area contributed by atoms with E-state index in [0.717, 1.165) is 35.0 Å². The topological polar surface area (TPSA) is 67.9 Å². The lowest BCUT2D eigenvalue weighted by Crippen LogP contribution is -2.53. The summed E-state index contributed by atoms with van der Waals surface area (Å²) in [6.45, 7) is 9.28. The molecule has 3 rings (SSSR count). The molecule has 1 saturated heterocycles. The molecule has 2 atom stereocenters. The number of benzene rings is 1. The number of nitrogens with one attached hydrogen (secondary N) is 1. The van der Waals surface area contributed by atoms with Crippen LogP contribution in [0.2, 0.25) is 0 Å². The predicted molar refractivity (Wildman–Crippen MR) is 114 cm³/mol. The molecule has 1 spiro atoms. The van der Waals surface area contributed by atoms with Crippen molar-refractivity contribution in [3.8, 4) is 5.75 Å². The van der Waals surface area contributed by atoms with Crippen LogP contribution in [0.4, 0.5) is 4.79 Å². The first-order chi connectivity index (χ1) is 13.1. The van der Waals surface area contributed by atoms with Gasteiger partial charge in [-0.3, -0.25) is 0 Å². The molecule has 8 heteroatoms. The molecule has 28 heavy (non-hydrogen) atoms. The lowest BCUT2D eigenvalue weighted by Gasteiger charge is -2.47. The standard InChI is InChI=1S/C20H29BrN2O4S/c1-5-26-18(24)23-10-8-20(9-11-23)13-16(22-28(25)19(2,3)4)15-12-14(21)6-7-17(15)27-20/h6-7,12,16,22H,5,8-11,13H2,1-4H3/t16-,28-/m0/s1. The number of fused-ring (bicyclic) bond motifs is 1. The summed E-state index contributed by atoms with van der Waals surface area (Å²) in [6.07, 6.45) is 1.90. The van der Waals surface area contributed by atoms with Crippen LogP contribution in [-0.2, 0) is 15.7 Å². The molecule has 6 nitrogen and oxygen atoms in total. The minimum atomic E-state index is -1.19. The summed E-state index contributed by atoms with van der Waals surface area (Å²) in [6, 6.07) is 5.89. The second-order valence-electron chi connectivity index (χ2n) is 8.41. The van der Waals surface area contributed by atoms with Crippen LogP contribution in [0.25, 0.3) is 0 Å². The third-order valence-corrected chi connectivity index (χ3v) is 7.36. The van der Waals surface area contributed by atoms with E-state index in [4.69, 9.17) is 9.47 Å². The Morgan fingerprint density at radius 1 is 1.39 bits per heavy atom. The number of amides is 1. The van der Waals surface area contributed by atoms with Crippen LogP contribution in [-0.4, -0.2) is 45.2 Å². The van der Waals surface area contributed by atoms with E-state index in [-0.39, 0.29) is 22.5 Å². The van der Waals surface area contributed by atoms with Crippen molar-refractivity contribution < 1.29 is 18.5 Å². The zero-order valence-electron chi connectivity index (χ0n) is 16.9. The predicted octanol–water partition coefficient (Wildman–Crippen LogP) is 4.32. The van der Waals surface area contributed by atoms with Crippen molar-refractivity contribution in [2.45, 2.75) is 63.3 Å². The van der Waals surface area contributed by atoms with Crippen LogP contribution in [0, 0.1) is 0 Å². The van der Waals surface area contributed by atoms with Gasteiger partial charge in [0.15, 0.2) is 0 Å². The van der Waals surface area contributed by atoms with Gasteiger partial charge in [-0.2, -0.15) is 0 Å². The Morgan fingerprint density at radius 2 is 2.07 bits per heavy atom. The molecule has 1 fully saturated rings. The van der Waals surface area contributed by atoms with Gasteiger partial charge in [-0.1, -0.05) is 15.9 Å². The second-order valence-corrected chi connectivity index (χ2v) is 11.3. The Kier molecular flexibility index (Phi) is 6.41. The fraction of sp³-hybridized carbons (Fsp3) is 0.650. The second kappa shape index (κ2) is 8.32. The highest BCUT2D eigenvalue weighted by atomic mass is 79.9. The highest BCUT2D eigenvalue weighted by Crippen LogP contribution is 2.45. The number of piperidine rings is 1. The normalized spacial score (nSPS) is 22.3. The summed E-state index contributed by atoms with van der Waals surface area (Å²) < 4.78 is 28.3. The molecule has 2 aliphatic heterocycles. The number of halogens is 1. The third-order valence-electron chi connectivity index (χ3n) is 5.26. The zero-order valence-corrected chi connectivity index (χ0v) is 19.3. The Bertz CT molecular complexity index is 757. The van der Waals surface area contributed by atoms with Gasteiger partial charge >= 0.3 is 6.09 Å². The fourth-order valence-electron chi connectivity index (χ4n) is 3.67. The number of rotatable bonds is 3.